The number of rotatable bonds is 9. The molecule has 0 unspecified atom stereocenters. The Balaban J connectivity index is 0.000000185. The van der Waals surface area contributed by atoms with Crippen molar-refractivity contribution >= 4 is 5.97 Å². The van der Waals surface area contributed by atoms with Crippen molar-refractivity contribution in [2.24, 2.45) is 0 Å². The van der Waals surface area contributed by atoms with Gasteiger partial charge in [-0.25, -0.2) is 23.5 Å². The molecule has 4 heterocycles. The van der Waals surface area contributed by atoms with Gasteiger partial charge in [-0.15, -0.1) is 0 Å². The van der Waals surface area contributed by atoms with E-state index in [4.69, 9.17) is 28.9 Å². The molecule has 0 radical (unpaired) electrons. The first-order valence-corrected chi connectivity index (χ1v) is 13.9. The number of aryl methyl sites for hydroxylation is 2. The Morgan fingerprint density at radius 3 is 1.60 bits per heavy atom. The number of benzene rings is 2. The van der Waals surface area contributed by atoms with Crippen molar-refractivity contribution in [2.75, 3.05) is 0 Å². The molecule has 0 atom stereocenters. The van der Waals surface area contributed by atoms with Crippen molar-refractivity contribution in [3.05, 3.63) is 131 Å². The van der Waals surface area contributed by atoms with Crippen molar-refractivity contribution < 1.29 is 37.2 Å². The molecule has 0 spiro atoms. The largest absolute Gasteiger partial charge is 0.478 e. The van der Waals surface area contributed by atoms with Gasteiger partial charge >= 0.3 is 5.97 Å². The highest BCUT2D eigenvalue weighted by atomic mass is 19.1. The van der Waals surface area contributed by atoms with E-state index in [1.807, 2.05) is 6.07 Å². The maximum absolute atomic E-state index is 13.0. The SMILES string of the molecule is Cc1onc(-c2ccc(F)cc2)c1COc1ccc(C#N)cn1.Cc1onc(-c2ccc(F)cc2)c1COc1ccc(C(=O)O)cn1. The molecule has 2 aromatic carbocycles. The van der Waals surface area contributed by atoms with Crippen molar-refractivity contribution in [2.45, 2.75) is 27.1 Å². The van der Waals surface area contributed by atoms with Gasteiger partial charge in [-0.3, -0.25) is 0 Å². The second-order valence-electron chi connectivity index (χ2n) is 9.91. The Kier molecular flexibility index (Phi) is 9.92. The van der Waals surface area contributed by atoms with Gasteiger partial charge in [0.1, 0.15) is 53.8 Å². The average Bonchev–Trinajstić information content (AvgIpc) is 3.65. The summed E-state index contributed by atoms with van der Waals surface area (Å²) in [5, 5.41) is 25.6. The minimum Gasteiger partial charge on any atom is -0.478 e. The molecule has 0 amide bonds. The lowest BCUT2D eigenvalue weighted by molar-refractivity contribution is 0.0696. The average molecular weight is 638 g/mol. The Bertz CT molecular complexity index is 2000. The van der Waals surface area contributed by atoms with Gasteiger partial charge in [-0.05, 0) is 74.5 Å². The topological polar surface area (TPSA) is 157 Å². The van der Waals surface area contributed by atoms with Crippen LogP contribution in [0.4, 0.5) is 8.78 Å². The van der Waals surface area contributed by atoms with Gasteiger partial charge in [0.2, 0.25) is 11.8 Å². The van der Waals surface area contributed by atoms with E-state index in [9.17, 15) is 13.6 Å². The number of aromatic carboxylic acids is 1. The Morgan fingerprint density at radius 1 is 0.745 bits per heavy atom. The van der Waals surface area contributed by atoms with E-state index >= 15 is 0 Å². The summed E-state index contributed by atoms with van der Waals surface area (Å²) < 4.78 is 47.7. The molecule has 13 heteroatoms. The molecule has 0 bridgehead atoms. The number of carboxylic acid groups (broad SMARTS) is 1. The lowest BCUT2D eigenvalue weighted by Crippen LogP contribution is -2.01. The van der Waals surface area contributed by atoms with Crippen LogP contribution in [0.2, 0.25) is 0 Å². The molecule has 0 aliphatic carbocycles. The van der Waals surface area contributed by atoms with E-state index in [-0.39, 0.29) is 36.3 Å². The molecular formula is C34H25F2N5O6. The predicted octanol–water partition coefficient (Wildman–Crippen LogP) is 7.10. The summed E-state index contributed by atoms with van der Waals surface area (Å²) >= 11 is 0. The van der Waals surface area contributed by atoms with Crippen LogP contribution in [0.1, 0.15) is 38.6 Å². The van der Waals surface area contributed by atoms with Crippen LogP contribution in [0, 0.1) is 36.8 Å². The van der Waals surface area contributed by atoms with E-state index < -0.39 is 5.97 Å². The standard InChI is InChI=1S/C17H12FN3O2.C17H13FN2O4/c1-11-15(10-22-16-7-2-12(8-19)9-20-16)17(21-23-11)13-3-5-14(18)6-4-13;1-10-14(9-23-15-7-4-12(8-19-15)17(21)22)16(20-24-10)11-2-5-13(18)6-3-11/h2-7,9H,10H2,1H3;2-8H,9H2,1H3,(H,21,22). The Labute approximate surface area is 266 Å². The quantitative estimate of drug-likeness (QED) is 0.172. The van der Waals surface area contributed by atoms with Crippen LogP contribution in [-0.2, 0) is 13.2 Å². The molecule has 0 saturated heterocycles. The van der Waals surface area contributed by atoms with Crippen LogP contribution < -0.4 is 9.47 Å². The molecule has 236 valence electrons. The highest BCUT2D eigenvalue weighted by Gasteiger charge is 2.17. The smallest absolute Gasteiger partial charge is 0.337 e. The molecule has 4 aromatic heterocycles. The number of nitriles is 1. The van der Waals surface area contributed by atoms with Gasteiger partial charge in [-0.2, -0.15) is 5.26 Å². The molecule has 0 saturated carbocycles. The van der Waals surface area contributed by atoms with Crippen molar-refractivity contribution in [1.82, 2.24) is 20.3 Å². The molecule has 11 nitrogen and oxygen atoms in total. The van der Waals surface area contributed by atoms with Gasteiger partial charge in [-0.1, -0.05) is 10.3 Å². The number of aromatic nitrogens is 4. The van der Waals surface area contributed by atoms with Crippen molar-refractivity contribution in [1.29, 1.82) is 5.26 Å². The van der Waals surface area contributed by atoms with E-state index in [2.05, 4.69) is 20.3 Å². The molecule has 1 N–H and O–H groups in total. The number of hydrogen-bond donors (Lipinski definition) is 1. The monoisotopic (exact) mass is 637 g/mol. The molecule has 0 fully saturated rings. The second kappa shape index (κ2) is 14.6. The third kappa shape index (κ3) is 8.00. The number of nitrogens with zero attached hydrogens (tertiary/aromatic N) is 5. The second-order valence-corrected chi connectivity index (χ2v) is 9.91. The lowest BCUT2D eigenvalue weighted by atomic mass is 10.1. The first-order valence-electron chi connectivity index (χ1n) is 13.9. The van der Waals surface area contributed by atoms with Gasteiger partial charge in [0.05, 0.1) is 22.3 Å². The molecule has 6 rings (SSSR count). The molecular weight excluding hydrogens is 612 g/mol. The van der Waals surface area contributed by atoms with Crippen molar-refractivity contribution in [3.8, 4) is 40.3 Å². The van der Waals surface area contributed by atoms with Crippen molar-refractivity contribution in [3.63, 3.8) is 0 Å². The molecule has 6 aromatic rings. The van der Waals surface area contributed by atoms with Gasteiger partial charge in [0, 0.05) is 35.7 Å². The fourth-order valence-electron chi connectivity index (χ4n) is 4.21. The van der Waals surface area contributed by atoms with Crippen LogP contribution in [0.25, 0.3) is 22.5 Å². The first-order chi connectivity index (χ1) is 22.7. The Morgan fingerprint density at radius 2 is 1.21 bits per heavy atom. The maximum atomic E-state index is 13.0. The summed E-state index contributed by atoms with van der Waals surface area (Å²) in [4.78, 5) is 18.8. The normalized spacial score (nSPS) is 10.4. The summed E-state index contributed by atoms with van der Waals surface area (Å²) in [7, 11) is 0. The van der Waals surface area contributed by atoms with E-state index in [1.54, 1.807) is 50.2 Å². The van der Waals surface area contributed by atoms with Gasteiger partial charge < -0.3 is 23.6 Å². The zero-order chi connectivity index (χ0) is 33.3. The highest BCUT2D eigenvalue weighted by molar-refractivity contribution is 5.87. The summed E-state index contributed by atoms with van der Waals surface area (Å²) in [6.07, 6.45) is 2.66. The number of ether oxygens (including phenoxy) is 2. The lowest BCUT2D eigenvalue weighted by Gasteiger charge is -2.06. The third-order valence-electron chi connectivity index (χ3n) is 6.78. The fourth-order valence-corrected chi connectivity index (χ4v) is 4.21. The summed E-state index contributed by atoms with van der Waals surface area (Å²) in [6.45, 7) is 3.88. The van der Waals surface area contributed by atoms with E-state index in [0.717, 1.165) is 11.1 Å². The highest BCUT2D eigenvalue weighted by Crippen LogP contribution is 2.28. The van der Waals surface area contributed by atoms with Crippen LogP contribution in [-0.4, -0.2) is 31.4 Å². The molecule has 0 aliphatic rings. The van der Waals surface area contributed by atoms with Crippen LogP contribution in [0.3, 0.4) is 0 Å². The van der Waals surface area contributed by atoms with E-state index in [0.29, 0.717) is 45.5 Å². The van der Waals surface area contributed by atoms with E-state index in [1.165, 1.54) is 48.8 Å². The zero-order valence-electron chi connectivity index (χ0n) is 25.0. The number of carbonyl (C=O) groups is 1. The minimum atomic E-state index is -1.05. The van der Waals surface area contributed by atoms with Crippen LogP contribution >= 0.6 is 0 Å². The molecule has 47 heavy (non-hydrogen) atoms. The fraction of sp³-hybridized carbons (Fsp3) is 0.118. The number of carboxylic acids is 1. The van der Waals surface area contributed by atoms with Crippen LogP contribution in [0.15, 0.2) is 94.2 Å². The third-order valence-corrected chi connectivity index (χ3v) is 6.78. The number of pyridine rings is 2. The number of halogens is 2. The predicted molar refractivity (Wildman–Crippen MR) is 162 cm³/mol. The minimum absolute atomic E-state index is 0.0792. The zero-order valence-corrected chi connectivity index (χ0v) is 25.0. The summed E-state index contributed by atoms with van der Waals surface area (Å²) in [6, 6.07) is 20.0. The maximum Gasteiger partial charge on any atom is 0.337 e. The Hall–Kier alpha value is -6.42. The summed E-state index contributed by atoms with van der Waals surface area (Å²) in [5.41, 5.74) is 4.65. The van der Waals surface area contributed by atoms with Gasteiger partial charge in [0.15, 0.2) is 0 Å². The first kappa shape index (κ1) is 32.0. The van der Waals surface area contributed by atoms with Gasteiger partial charge in [0.25, 0.3) is 0 Å². The summed E-state index contributed by atoms with van der Waals surface area (Å²) in [5.74, 6) is 0.185. The van der Waals surface area contributed by atoms with Crippen LogP contribution in [0.5, 0.6) is 11.8 Å². The molecule has 0 aliphatic heterocycles. The number of hydrogen-bond acceptors (Lipinski definition) is 10.